The summed E-state index contributed by atoms with van der Waals surface area (Å²) in [5.74, 6) is 1.20. The van der Waals surface area contributed by atoms with Gasteiger partial charge in [-0.2, -0.15) is 5.26 Å². The molecule has 0 unspecified atom stereocenters. The predicted octanol–water partition coefficient (Wildman–Crippen LogP) is 3.07. The van der Waals surface area contributed by atoms with Gasteiger partial charge in [0.1, 0.15) is 29.7 Å². The van der Waals surface area contributed by atoms with Gasteiger partial charge in [-0.05, 0) is 24.3 Å². The van der Waals surface area contributed by atoms with E-state index in [1.165, 1.54) is 6.26 Å². The number of fused-ring (bicyclic) bond motifs is 3. The molecule has 1 aromatic carbocycles. The first-order chi connectivity index (χ1) is 10.8. The van der Waals surface area contributed by atoms with E-state index in [-0.39, 0.29) is 12.2 Å². The van der Waals surface area contributed by atoms with Crippen molar-refractivity contribution in [3.05, 3.63) is 64.1 Å². The van der Waals surface area contributed by atoms with Crippen LogP contribution in [-0.4, -0.2) is 4.98 Å². The summed E-state index contributed by atoms with van der Waals surface area (Å²) in [5.41, 5.74) is 2.35. The van der Waals surface area contributed by atoms with Gasteiger partial charge in [-0.1, -0.05) is 12.1 Å². The van der Waals surface area contributed by atoms with E-state index >= 15 is 0 Å². The highest BCUT2D eigenvalue weighted by Crippen LogP contribution is 2.40. The zero-order chi connectivity index (χ0) is 15.1. The molecule has 5 heteroatoms. The third kappa shape index (κ3) is 1.68. The molecule has 0 aliphatic carbocycles. The number of aromatic amines is 1. The molecule has 0 atom stereocenters. The summed E-state index contributed by atoms with van der Waals surface area (Å²) < 4.78 is 11.2. The van der Waals surface area contributed by atoms with Crippen LogP contribution in [0.1, 0.15) is 11.1 Å². The van der Waals surface area contributed by atoms with Crippen molar-refractivity contribution in [3.63, 3.8) is 0 Å². The molecule has 1 aliphatic rings. The highest BCUT2D eigenvalue weighted by atomic mass is 16.5. The number of para-hydroxylation sites is 1. The second-order valence-corrected chi connectivity index (χ2v) is 4.93. The molecule has 106 valence electrons. The first kappa shape index (κ1) is 12.5. The quantitative estimate of drug-likeness (QED) is 0.747. The van der Waals surface area contributed by atoms with Crippen LogP contribution in [-0.2, 0) is 6.61 Å². The molecule has 0 bridgehead atoms. The normalized spacial score (nSPS) is 12.0. The van der Waals surface area contributed by atoms with E-state index in [1.54, 1.807) is 12.1 Å². The predicted molar refractivity (Wildman–Crippen MR) is 79.2 cm³/mol. The van der Waals surface area contributed by atoms with Gasteiger partial charge in [0.05, 0.1) is 12.0 Å². The summed E-state index contributed by atoms with van der Waals surface area (Å²) in [6.45, 7) is 0.272. The van der Waals surface area contributed by atoms with Gasteiger partial charge in [-0.15, -0.1) is 0 Å². The maximum atomic E-state index is 12.3. The lowest BCUT2D eigenvalue weighted by molar-refractivity contribution is 0.301. The highest BCUT2D eigenvalue weighted by molar-refractivity contribution is 5.81. The lowest BCUT2D eigenvalue weighted by Gasteiger charge is -2.22. The molecule has 22 heavy (non-hydrogen) atoms. The number of H-pyrrole nitrogens is 1. The number of ether oxygens (including phenoxy) is 1. The summed E-state index contributed by atoms with van der Waals surface area (Å²) in [6.07, 6.45) is 1.52. The Hall–Kier alpha value is -3.26. The van der Waals surface area contributed by atoms with Crippen molar-refractivity contribution in [1.82, 2.24) is 4.98 Å². The van der Waals surface area contributed by atoms with E-state index in [1.807, 2.05) is 30.3 Å². The number of furan rings is 1. The van der Waals surface area contributed by atoms with E-state index < -0.39 is 5.56 Å². The summed E-state index contributed by atoms with van der Waals surface area (Å²) in [4.78, 5) is 15.1. The Morgan fingerprint density at radius 2 is 2.05 bits per heavy atom. The average molecular weight is 290 g/mol. The Labute approximate surface area is 125 Å². The number of benzene rings is 1. The van der Waals surface area contributed by atoms with Gasteiger partial charge in [0, 0.05) is 16.7 Å². The molecule has 0 amide bonds. The Kier molecular flexibility index (Phi) is 2.63. The summed E-state index contributed by atoms with van der Waals surface area (Å²) in [6, 6.07) is 12.9. The van der Waals surface area contributed by atoms with Crippen molar-refractivity contribution in [1.29, 1.82) is 5.26 Å². The fourth-order valence-corrected chi connectivity index (χ4v) is 2.76. The molecule has 0 saturated carbocycles. The van der Waals surface area contributed by atoms with Crippen LogP contribution in [0.15, 0.2) is 51.9 Å². The van der Waals surface area contributed by atoms with Gasteiger partial charge in [-0.25, -0.2) is 0 Å². The van der Waals surface area contributed by atoms with Gasteiger partial charge in [0.15, 0.2) is 0 Å². The van der Waals surface area contributed by atoms with E-state index in [4.69, 9.17) is 9.15 Å². The third-order valence-electron chi connectivity index (χ3n) is 3.73. The van der Waals surface area contributed by atoms with Crippen molar-refractivity contribution < 1.29 is 9.15 Å². The van der Waals surface area contributed by atoms with Gasteiger partial charge >= 0.3 is 0 Å². The SMILES string of the molecule is N#Cc1c(-c2ccco2)c2c([nH]c1=O)-c1ccccc1OC2. The average Bonchev–Trinajstić information content (AvgIpc) is 3.07. The molecule has 3 aromatic rings. The molecule has 1 aliphatic heterocycles. The van der Waals surface area contributed by atoms with Crippen LogP contribution in [0.3, 0.4) is 0 Å². The summed E-state index contributed by atoms with van der Waals surface area (Å²) >= 11 is 0. The fraction of sp³-hybridized carbons (Fsp3) is 0.0588. The fourth-order valence-electron chi connectivity index (χ4n) is 2.76. The van der Waals surface area contributed by atoms with E-state index in [0.717, 1.165) is 11.1 Å². The van der Waals surface area contributed by atoms with Crippen LogP contribution in [0.4, 0.5) is 0 Å². The van der Waals surface area contributed by atoms with Crippen molar-refractivity contribution in [2.24, 2.45) is 0 Å². The van der Waals surface area contributed by atoms with E-state index in [9.17, 15) is 10.1 Å². The zero-order valence-corrected chi connectivity index (χ0v) is 11.4. The first-order valence-corrected chi connectivity index (χ1v) is 6.75. The molecule has 1 N–H and O–H groups in total. The molecule has 0 radical (unpaired) electrons. The molecule has 0 fully saturated rings. The van der Waals surface area contributed by atoms with Gasteiger partial charge in [0.25, 0.3) is 5.56 Å². The number of nitriles is 1. The number of nitrogens with one attached hydrogen (secondary N) is 1. The summed E-state index contributed by atoms with van der Waals surface area (Å²) in [5, 5.41) is 9.34. The summed E-state index contributed by atoms with van der Waals surface area (Å²) in [7, 11) is 0. The number of hydrogen-bond donors (Lipinski definition) is 1. The largest absolute Gasteiger partial charge is 0.488 e. The lowest BCUT2D eigenvalue weighted by Crippen LogP contribution is -2.19. The Bertz CT molecular complexity index is 963. The Balaban J connectivity index is 2.11. The number of aromatic nitrogens is 1. The van der Waals surface area contributed by atoms with Gasteiger partial charge in [0.2, 0.25) is 0 Å². The smallest absolute Gasteiger partial charge is 0.267 e. The second-order valence-electron chi connectivity index (χ2n) is 4.93. The minimum Gasteiger partial charge on any atom is -0.488 e. The van der Waals surface area contributed by atoms with Crippen molar-refractivity contribution in [3.8, 4) is 34.4 Å². The Morgan fingerprint density at radius 1 is 1.18 bits per heavy atom. The topological polar surface area (TPSA) is 79.0 Å². The molecule has 2 aromatic heterocycles. The molecular formula is C17H10N2O3. The van der Waals surface area contributed by atoms with Crippen LogP contribution in [0.25, 0.3) is 22.6 Å². The zero-order valence-electron chi connectivity index (χ0n) is 11.4. The van der Waals surface area contributed by atoms with E-state index in [2.05, 4.69) is 4.98 Å². The minimum atomic E-state index is -0.427. The lowest BCUT2D eigenvalue weighted by atomic mass is 9.94. The maximum absolute atomic E-state index is 12.3. The van der Waals surface area contributed by atoms with Crippen LogP contribution in [0.5, 0.6) is 5.75 Å². The molecule has 4 rings (SSSR count). The first-order valence-electron chi connectivity index (χ1n) is 6.75. The molecule has 0 spiro atoms. The second kappa shape index (κ2) is 4.64. The van der Waals surface area contributed by atoms with Crippen molar-refractivity contribution in [2.75, 3.05) is 0 Å². The van der Waals surface area contributed by atoms with Crippen LogP contribution < -0.4 is 10.3 Å². The van der Waals surface area contributed by atoms with Gasteiger partial charge in [-0.3, -0.25) is 4.79 Å². The maximum Gasteiger partial charge on any atom is 0.267 e. The van der Waals surface area contributed by atoms with Gasteiger partial charge < -0.3 is 14.1 Å². The van der Waals surface area contributed by atoms with Crippen molar-refractivity contribution in [2.45, 2.75) is 6.61 Å². The number of nitrogens with zero attached hydrogens (tertiary/aromatic N) is 1. The highest BCUT2D eigenvalue weighted by Gasteiger charge is 2.26. The van der Waals surface area contributed by atoms with Crippen molar-refractivity contribution >= 4 is 0 Å². The third-order valence-corrected chi connectivity index (χ3v) is 3.73. The molecule has 0 saturated heterocycles. The van der Waals surface area contributed by atoms with Crippen LogP contribution in [0.2, 0.25) is 0 Å². The molecule has 3 heterocycles. The molecular weight excluding hydrogens is 280 g/mol. The minimum absolute atomic E-state index is 0.0386. The van der Waals surface area contributed by atoms with Crippen LogP contribution >= 0.6 is 0 Å². The number of pyridine rings is 1. The Morgan fingerprint density at radius 3 is 2.82 bits per heavy atom. The number of rotatable bonds is 1. The standard InChI is InChI=1S/C17H10N2O3/c18-8-11-15(14-6-3-7-21-14)12-9-22-13-5-2-1-4-10(13)16(12)19-17(11)20/h1-7H,9H2,(H,19,20). The van der Waals surface area contributed by atoms with Crippen LogP contribution in [0, 0.1) is 11.3 Å². The van der Waals surface area contributed by atoms with E-state index in [0.29, 0.717) is 22.8 Å². The molecule has 5 nitrogen and oxygen atoms in total. The number of hydrogen-bond acceptors (Lipinski definition) is 4. The monoisotopic (exact) mass is 290 g/mol.